The van der Waals surface area contributed by atoms with E-state index in [4.69, 9.17) is 0 Å². The van der Waals surface area contributed by atoms with E-state index in [9.17, 15) is 9.18 Å². The summed E-state index contributed by atoms with van der Waals surface area (Å²) in [4.78, 5) is 17.2. The number of likely N-dealkylation sites (tertiary alicyclic amines) is 2. The second-order valence-electron chi connectivity index (χ2n) is 8.00. The van der Waals surface area contributed by atoms with E-state index in [2.05, 4.69) is 23.6 Å². The van der Waals surface area contributed by atoms with Gasteiger partial charge in [0.05, 0.1) is 6.04 Å². The Bertz CT molecular complexity index is 575. The van der Waals surface area contributed by atoms with Crippen LogP contribution in [-0.4, -0.2) is 47.9 Å². The van der Waals surface area contributed by atoms with Crippen molar-refractivity contribution in [2.45, 2.75) is 52.0 Å². The first-order valence-electron chi connectivity index (χ1n) is 9.80. The maximum atomic E-state index is 13.3. The number of carbonyl (C=O) groups is 1. The number of amides is 1. The fourth-order valence-corrected chi connectivity index (χ4v) is 4.19. The summed E-state index contributed by atoms with van der Waals surface area (Å²) < 4.78 is 13.3. The Hall–Kier alpha value is -1.42. The molecule has 2 aliphatic heterocycles. The SMILES string of the molecule is CC1CCN(C(=O)C(C)N2CCC(Cc3cccc(F)c3)CC2)CC1. The Balaban J connectivity index is 1.47. The molecule has 25 heavy (non-hydrogen) atoms. The third-order valence-corrected chi connectivity index (χ3v) is 6.06. The first-order chi connectivity index (χ1) is 12.0. The average Bonchev–Trinajstić information content (AvgIpc) is 2.62. The van der Waals surface area contributed by atoms with Crippen LogP contribution in [0.4, 0.5) is 4.39 Å². The molecule has 1 unspecified atom stereocenters. The molecule has 2 aliphatic rings. The smallest absolute Gasteiger partial charge is 0.239 e. The molecule has 4 heteroatoms. The average molecular weight is 346 g/mol. The summed E-state index contributed by atoms with van der Waals surface area (Å²) in [6.07, 6.45) is 5.39. The first kappa shape index (κ1) is 18.4. The molecule has 0 saturated carbocycles. The van der Waals surface area contributed by atoms with Crippen molar-refractivity contribution >= 4 is 5.91 Å². The van der Waals surface area contributed by atoms with Crippen LogP contribution in [0.3, 0.4) is 0 Å². The molecule has 0 aromatic heterocycles. The zero-order chi connectivity index (χ0) is 17.8. The number of benzene rings is 1. The monoisotopic (exact) mass is 346 g/mol. The van der Waals surface area contributed by atoms with E-state index < -0.39 is 0 Å². The van der Waals surface area contributed by atoms with Gasteiger partial charge in [-0.05, 0) is 81.6 Å². The number of hydrogen-bond donors (Lipinski definition) is 0. The molecule has 3 rings (SSSR count). The Morgan fingerprint density at radius 2 is 1.84 bits per heavy atom. The highest BCUT2D eigenvalue weighted by atomic mass is 19.1. The van der Waals surface area contributed by atoms with Crippen LogP contribution in [0, 0.1) is 17.7 Å². The molecule has 2 fully saturated rings. The van der Waals surface area contributed by atoms with Crippen LogP contribution in [-0.2, 0) is 11.2 Å². The normalized spacial score (nSPS) is 22.1. The lowest BCUT2D eigenvalue weighted by Gasteiger charge is -2.39. The molecule has 138 valence electrons. The van der Waals surface area contributed by atoms with E-state index in [1.54, 1.807) is 12.1 Å². The van der Waals surface area contributed by atoms with Crippen molar-refractivity contribution in [3.63, 3.8) is 0 Å². The van der Waals surface area contributed by atoms with Gasteiger partial charge in [0.25, 0.3) is 0 Å². The number of piperidine rings is 2. The van der Waals surface area contributed by atoms with Gasteiger partial charge in [0, 0.05) is 13.1 Å². The lowest BCUT2D eigenvalue weighted by molar-refractivity contribution is -0.138. The van der Waals surface area contributed by atoms with Crippen LogP contribution >= 0.6 is 0 Å². The van der Waals surface area contributed by atoms with Gasteiger partial charge in [-0.15, -0.1) is 0 Å². The van der Waals surface area contributed by atoms with Gasteiger partial charge in [-0.2, -0.15) is 0 Å². The van der Waals surface area contributed by atoms with Crippen LogP contribution in [0.25, 0.3) is 0 Å². The van der Waals surface area contributed by atoms with Gasteiger partial charge in [-0.25, -0.2) is 4.39 Å². The van der Waals surface area contributed by atoms with Crippen LogP contribution < -0.4 is 0 Å². The van der Waals surface area contributed by atoms with Gasteiger partial charge >= 0.3 is 0 Å². The summed E-state index contributed by atoms with van der Waals surface area (Å²) in [5, 5.41) is 0. The molecule has 0 bridgehead atoms. The molecular weight excluding hydrogens is 315 g/mol. The van der Waals surface area contributed by atoms with E-state index in [1.807, 2.05) is 6.07 Å². The third kappa shape index (κ3) is 4.81. The molecule has 1 aromatic rings. The van der Waals surface area contributed by atoms with Gasteiger partial charge in [0.1, 0.15) is 5.82 Å². The molecule has 1 aromatic carbocycles. The van der Waals surface area contributed by atoms with Gasteiger partial charge in [0.2, 0.25) is 5.91 Å². The minimum absolute atomic E-state index is 0.0106. The van der Waals surface area contributed by atoms with Crippen molar-refractivity contribution in [3.05, 3.63) is 35.6 Å². The van der Waals surface area contributed by atoms with Crippen LogP contribution in [0.1, 0.15) is 45.1 Å². The highest BCUT2D eigenvalue weighted by Gasteiger charge is 2.30. The number of nitrogens with zero attached hydrogens (tertiary/aromatic N) is 2. The molecular formula is C21H31FN2O. The van der Waals surface area contributed by atoms with Crippen molar-refractivity contribution in [2.24, 2.45) is 11.8 Å². The Kier molecular flexibility index (Phi) is 6.10. The van der Waals surface area contributed by atoms with E-state index >= 15 is 0 Å². The molecule has 3 nitrogen and oxygen atoms in total. The molecule has 2 saturated heterocycles. The highest BCUT2D eigenvalue weighted by molar-refractivity contribution is 5.81. The van der Waals surface area contributed by atoms with E-state index in [1.165, 1.54) is 6.07 Å². The Morgan fingerprint density at radius 3 is 2.48 bits per heavy atom. The predicted molar refractivity (Wildman–Crippen MR) is 98.8 cm³/mol. The predicted octanol–water partition coefficient (Wildman–Crippen LogP) is 3.73. The lowest BCUT2D eigenvalue weighted by atomic mass is 9.89. The molecule has 2 heterocycles. The molecule has 1 amide bonds. The minimum atomic E-state index is -0.148. The fraction of sp³-hybridized carbons (Fsp3) is 0.667. The van der Waals surface area contributed by atoms with Crippen molar-refractivity contribution in [1.82, 2.24) is 9.80 Å². The summed E-state index contributed by atoms with van der Waals surface area (Å²) in [6, 6.07) is 6.94. The Labute approximate surface area is 151 Å². The summed E-state index contributed by atoms with van der Waals surface area (Å²) >= 11 is 0. The number of rotatable bonds is 4. The van der Waals surface area contributed by atoms with Crippen molar-refractivity contribution < 1.29 is 9.18 Å². The van der Waals surface area contributed by atoms with Crippen molar-refractivity contribution in [3.8, 4) is 0 Å². The standard InChI is InChI=1S/C21H31FN2O/c1-16-6-10-24(11-7-16)21(25)17(2)23-12-8-18(9-13-23)14-19-4-3-5-20(22)15-19/h3-5,15-18H,6-14H2,1-2H3. The third-order valence-electron chi connectivity index (χ3n) is 6.06. The van der Waals surface area contributed by atoms with Gasteiger partial charge in [-0.3, -0.25) is 9.69 Å². The summed E-state index contributed by atoms with van der Waals surface area (Å²) in [6.45, 7) is 8.11. The fourth-order valence-electron chi connectivity index (χ4n) is 4.19. The maximum absolute atomic E-state index is 13.3. The largest absolute Gasteiger partial charge is 0.341 e. The summed E-state index contributed by atoms with van der Waals surface area (Å²) in [5.41, 5.74) is 1.09. The zero-order valence-corrected chi connectivity index (χ0v) is 15.6. The number of carbonyl (C=O) groups excluding carboxylic acids is 1. The molecule has 0 spiro atoms. The summed E-state index contributed by atoms with van der Waals surface area (Å²) in [7, 11) is 0. The van der Waals surface area contributed by atoms with Gasteiger partial charge < -0.3 is 4.90 Å². The number of halogens is 1. The molecule has 1 atom stereocenters. The molecule has 0 radical (unpaired) electrons. The second kappa shape index (κ2) is 8.31. The topological polar surface area (TPSA) is 23.6 Å². The summed E-state index contributed by atoms with van der Waals surface area (Å²) in [5.74, 6) is 1.49. The molecule has 0 aliphatic carbocycles. The van der Waals surface area contributed by atoms with Crippen LogP contribution in [0.15, 0.2) is 24.3 Å². The molecule has 0 N–H and O–H groups in total. The second-order valence-corrected chi connectivity index (χ2v) is 8.00. The Morgan fingerprint density at radius 1 is 1.16 bits per heavy atom. The maximum Gasteiger partial charge on any atom is 0.239 e. The first-order valence-corrected chi connectivity index (χ1v) is 9.80. The quantitative estimate of drug-likeness (QED) is 0.829. The van der Waals surface area contributed by atoms with Crippen LogP contribution in [0.2, 0.25) is 0 Å². The van der Waals surface area contributed by atoms with Gasteiger partial charge in [-0.1, -0.05) is 19.1 Å². The van der Waals surface area contributed by atoms with E-state index in [0.29, 0.717) is 11.8 Å². The highest BCUT2D eigenvalue weighted by Crippen LogP contribution is 2.24. The van der Waals surface area contributed by atoms with Crippen LogP contribution in [0.5, 0.6) is 0 Å². The van der Waals surface area contributed by atoms with Crippen molar-refractivity contribution in [2.75, 3.05) is 26.2 Å². The lowest BCUT2D eigenvalue weighted by Crippen LogP contribution is -2.51. The minimum Gasteiger partial charge on any atom is -0.341 e. The van der Waals surface area contributed by atoms with Crippen molar-refractivity contribution in [1.29, 1.82) is 0 Å². The van der Waals surface area contributed by atoms with E-state index in [0.717, 1.165) is 69.8 Å². The zero-order valence-electron chi connectivity index (χ0n) is 15.6. The number of hydrogen-bond acceptors (Lipinski definition) is 2. The van der Waals surface area contributed by atoms with Gasteiger partial charge in [0.15, 0.2) is 0 Å². The van der Waals surface area contributed by atoms with E-state index in [-0.39, 0.29) is 11.9 Å².